The molecule has 0 saturated carbocycles. The lowest BCUT2D eigenvalue weighted by Gasteiger charge is -2.30. The van der Waals surface area contributed by atoms with Crippen molar-refractivity contribution < 1.29 is 33.5 Å². The van der Waals surface area contributed by atoms with Gasteiger partial charge in [0.15, 0.2) is 0 Å². The molecule has 1 atom stereocenters. The van der Waals surface area contributed by atoms with Gasteiger partial charge in [0.2, 0.25) is 5.75 Å². The highest BCUT2D eigenvalue weighted by Crippen LogP contribution is 2.41. The summed E-state index contributed by atoms with van der Waals surface area (Å²) < 4.78 is 20.9. The zero-order valence-corrected chi connectivity index (χ0v) is 18.5. The summed E-state index contributed by atoms with van der Waals surface area (Å²) in [5.74, 6) is 0.0288. The number of hydrogen-bond donors (Lipinski definition) is 2. The Morgan fingerprint density at radius 1 is 1.06 bits per heavy atom. The highest BCUT2D eigenvalue weighted by atomic mass is 16.6. The van der Waals surface area contributed by atoms with Crippen LogP contribution in [0.2, 0.25) is 0 Å². The summed E-state index contributed by atoms with van der Waals surface area (Å²) >= 11 is 0. The molecule has 1 unspecified atom stereocenters. The van der Waals surface area contributed by atoms with Crippen molar-refractivity contribution in [1.82, 2.24) is 10.6 Å². The summed E-state index contributed by atoms with van der Waals surface area (Å²) in [6.45, 7) is 1.73. The van der Waals surface area contributed by atoms with Gasteiger partial charge in [-0.15, -0.1) is 0 Å². The Morgan fingerprint density at radius 2 is 1.73 bits per heavy atom. The van der Waals surface area contributed by atoms with Crippen LogP contribution in [0.25, 0.3) is 5.70 Å². The normalized spacial score (nSPS) is 15.3. The SMILES string of the molecule is CCOC(=O)C1=C(c2ccc(OC)cc2)NC(=O)NC1c1cc([N+](=O)[O-])c(OC)cc1OC. The van der Waals surface area contributed by atoms with Gasteiger partial charge in [-0.25, -0.2) is 9.59 Å². The van der Waals surface area contributed by atoms with E-state index in [9.17, 15) is 19.7 Å². The van der Waals surface area contributed by atoms with E-state index in [4.69, 9.17) is 18.9 Å². The van der Waals surface area contributed by atoms with Gasteiger partial charge in [0.1, 0.15) is 11.5 Å². The summed E-state index contributed by atoms with van der Waals surface area (Å²) in [5.41, 5.74) is 0.606. The maximum atomic E-state index is 13.0. The fourth-order valence-corrected chi connectivity index (χ4v) is 3.49. The Kier molecular flexibility index (Phi) is 7.01. The number of nitrogens with zero attached hydrogens (tertiary/aromatic N) is 1. The first kappa shape index (κ1) is 23.4. The zero-order valence-electron chi connectivity index (χ0n) is 18.5. The van der Waals surface area contributed by atoms with Gasteiger partial charge in [-0.1, -0.05) is 0 Å². The van der Waals surface area contributed by atoms with Crippen LogP contribution < -0.4 is 24.8 Å². The van der Waals surface area contributed by atoms with Crippen LogP contribution in [0.1, 0.15) is 24.1 Å². The van der Waals surface area contributed by atoms with E-state index in [0.717, 1.165) is 0 Å². The molecule has 3 rings (SSSR count). The average Bonchev–Trinajstić information content (AvgIpc) is 2.82. The number of nitro groups is 1. The molecule has 2 amide bonds. The third-order valence-electron chi connectivity index (χ3n) is 4.98. The molecule has 0 aliphatic carbocycles. The van der Waals surface area contributed by atoms with Crippen LogP contribution in [0.5, 0.6) is 17.2 Å². The molecule has 0 saturated heterocycles. The number of hydrogen-bond acceptors (Lipinski definition) is 8. The molecule has 1 aliphatic rings. The van der Waals surface area contributed by atoms with E-state index in [1.165, 1.54) is 33.5 Å². The number of ether oxygens (including phenoxy) is 4. The largest absolute Gasteiger partial charge is 0.497 e. The van der Waals surface area contributed by atoms with Crippen molar-refractivity contribution in [1.29, 1.82) is 0 Å². The molecule has 2 N–H and O–H groups in total. The first-order valence-electron chi connectivity index (χ1n) is 9.88. The smallest absolute Gasteiger partial charge is 0.338 e. The van der Waals surface area contributed by atoms with E-state index in [-0.39, 0.29) is 40.6 Å². The highest BCUT2D eigenvalue weighted by Gasteiger charge is 2.37. The average molecular weight is 457 g/mol. The Morgan fingerprint density at radius 3 is 2.27 bits per heavy atom. The van der Waals surface area contributed by atoms with Gasteiger partial charge in [-0.3, -0.25) is 10.1 Å². The van der Waals surface area contributed by atoms with Crippen molar-refractivity contribution in [2.45, 2.75) is 13.0 Å². The van der Waals surface area contributed by atoms with Crippen molar-refractivity contribution in [3.05, 3.63) is 63.2 Å². The lowest BCUT2D eigenvalue weighted by Crippen LogP contribution is -2.45. The second-order valence-corrected chi connectivity index (χ2v) is 6.79. The molecule has 0 bridgehead atoms. The molecule has 0 aromatic heterocycles. The van der Waals surface area contributed by atoms with Crippen molar-refractivity contribution in [2.24, 2.45) is 0 Å². The molecule has 174 valence electrons. The number of nitro benzene ring substituents is 1. The molecule has 11 nitrogen and oxygen atoms in total. The summed E-state index contributed by atoms with van der Waals surface area (Å²) in [6, 6.07) is 7.51. The van der Waals surface area contributed by atoms with Crippen LogP contribution in [0.15, 0.2) is 42.0 Å². The van der Waals surface area contributed by atoms with Crippen LogP contribution in [0.3, 0.4) is 0 Å². The third-order valence-corrected chi connectivity index (χ3v) is 4.98. The third kappa shape index (κ3) is 4.66. The first-order valence-corrected chi connectivity index (χ1v) is 9.88. The molecule has 1 heterocycles. The number of urea groups is 1. The van der Waals surface area contributed by atoms with E-state index in [0.29, 0.717) is 11.3 Å². The Balaban J connectivity index is 2.28. The van der Waals surface area contributed by atoms with E-state index >= 15 is 0 Å². The van der Waals surface area contributed by atoms with E-state index in [1.54, 1.807) is 31.2 Å². The van der Waals surface area contributed by atoms with Crippen LogP contribution >= 0.6 is 0 Å². The molecular formula is C22H23N3O8. The molecule has 2 aromatic rings. The van der Waals surface area contributed by atoms with Gasteiger partial charge in [0.05, 0.1) is 50.2 Å². The second kappa shape index (κ2) is 9.90. The van der Waals surface area contributed by atoms with Crippen molar-refractivity contribution >= 4 is 23.4 Å². The number of carbonyl (C=O) groups excluding carboxylic acids is 2. The summed E-state index contributed by atoms with van der Waals surface area (Å²) in [4.78, 5) is 36.6. The quantitative estimate of drug-likeness (QED) is 0.351. The molecule has 2 aromatic carbocycles. The van der Waals surface area contributed by atoms with Crippen LogP contribution in [-0.4, -0.2) is 44.9 Å². The van der Waals surface area contributed by atoms with Crippen LogP contribution in [0, 0.1) is 10.1 Å². The van der Waals surface area contributed by atoms with Crippen molar-refractivity contribution in [3.63, 3.8) is 0 Å². The second-order valence-electron chi connectivity index (χ2n) is 6.79. The minimum Gasteiger partial charge on any atom is -0.497 e. The number of benzene rings is 2. The fourth-order valence-electron chi connectivity index (χ4n) is 3.49. The Bertz CT molecular complexity index is 1110. The van der Waals surface area contributed by atoms with Gasteiger partial charge >= 0.3 is 17.7 Å². The van der Waals surface area contributed by atoms with Crippen LogP contribution in [0.4, 0.5) is 10.5 Å². The highest BCUT2D eigenvalue weighted by molar-refractivity contribution is 6.04. The predicted molar refractivity (Wildman–Crippen MR) is 117 cm³/mol. The van der Waals surface area contributed by atoms with Crippen LogP contribution in [-0.2, 0) is 9.53 Å². The van der Waals surface area contributed by atoms with Gasteiger partial charge in [0.25, 0.3) is 0 Å². The number of methoxy groups -OCH3 is 3. The molecule has 11 heteroatoms. The van der Waals surface area contributed by atoms with E-state index < -0.39 is 23.0 Å². The molecular weight excluding hydrogens is 434 g/mol. The maximum Gasteiger partial charge on any atom is 0.338 e. The van der Waals surface area contributed by atoms with Crippen molar-refractivity contribution in [2.75, 3.05) is 27.9 Å². The van der Waals surface area contributed by atoms with E-state index in [1.807, 2.05) is 0 Å². The number of amides is 2. The molecule has 0 radical (unpaired) electrons. The molecule has 0 fully saturated rings. The monoisotopic (exact) mass is 457 g/mol. The minimum atomic E-state index is -1.10. The Labute approximate surface area is 189 Å². The van der Waals surface area contributed by atoms with Gasteiger partial charge in [-0.05, 0) is 36.8 Å². The summed E-state index contributed by atoms with van der Waals surface area (Å²) in [7, 11) is 4.17. The van der Waals surface area contributed by atoms with Crippen molar-refractivity contribution in [3.8, 4) is 17.2 Å². The maximum absolute atomic E-state index is 13.0. The molecule has 1 aliphatic heterocycles. The standard InChI is InChI=1S/C22H23N3O8/c1-5-33-21(26)18-19(12-6-8-13(30-2)9-7-12)23-22(27)24-20(18)14-10-15(25(28)29)17(32-4)11-16(14)31-3/h6-11,20H,5H2,1-4H3,(H2,23,24,27). The molecule has 33 heavy (non-hydrogen) atoms. The number of rotatable bonds is 8. The van der Waals surface area contributed by atoms with Gasteiger partial charge < -0.3 is 29.6 Å². The van der Waals surface area contributed by atoms with Gasteiger partial charge in [0, 0.05) is 17.7 Å². The first-order chi connectivity index (χ1) is 15.8. The topological polar surface area (TPSA) is 138 Å². The number of carbonyl (C=O) groups is 2. The minimum absolute atomic E-state index is 0.0297. The summed E-state index contributed by atoms with van der Waals surface area (Å²) in [5, 5.41) is 16.9. The number of esters is 1. The predicted octanol–water partition coefficient (Wildman–Crippen LogP) is 2.95. The zero-order chi connectivity index (χ0) is 24.1. The fraction of sp³-hybridized carbons (Fsp3) is 0.273. The number of nitrogens with one attached hydrogen (secondary N) is 2. The summed E-state index contributed by atoms with van der Waals surface area (Å²) in [6.07, 6.45) is 0. The van der Waals surface area contributed by atoms with E-state index in [2.05, 4.69) is 10.6 Å². The molecule has 0 spiro atoms. The van der Waals surface area contributed by atoms with Gasteiger partial charge in [-0.2, -0.15) is 0 Å². The Hall–Kier alpha value is -4.28. The lowest BCUT2D eigenvalue weighted by atomic mass is 9.91. The lowest BCUT2D eigenvalue weighted by molar-refractivity contribution is -0.385.